The zero-order valence-electron chi connectivity index (χ0n) is 10.4. The minimum absolute atomic E-state index is 0.0248. The number of amides is 1. The van der Waals surface area contributed by atoms with Gasteiger partial charge in [-0.25, -0.2) is 0 Å². The van der Waals surface area contributed by atoms with E-state index in [2.05, 4.69) is 6.92 Å². The summed E-state index contributed by atoms with van der Waals surface area (Å²) in [5, 5.41) is 0. The Morgan fingerprint density at radius 3 is 2.71 bits per heavy atom. The number of hydrogen-bond acceptors (Lipinski definition) is 2. The average Bonchev–Trinajstić information content (AvgIpc) is 2.67. The first kappa shape index (κ1) is 12.1. The van der Waals surface area contributed by atoms with E-state index in [1.54, 1.807) is 0 Å². The number of carbonyl (C=O) groups is 1. The van der Waals surface area contributed by atoms with Crippen LogP contribution in [0.5, 0.6) is 0 Å². The lowest BCUT2D eigenvalue weighted by Gasteiger charge is -2.24. The summed E-state index contributed by atoms with van der Waals surface area (Å²) in [7, 11) is 0. The molecule has 92 valence electrons. The molecule has 1 heterocycles. The average molecular weight is 233 g/mol. The summed E-state index contributed by atoms with van der Waals surface area (Å²) < 4.78 is 5.76. The molecule has 1 unspecified atom stereocenters. The summed E-state index contributed by atoms with van der Waals surface area (Å²) in [6.07, 6.45) is 1.63. The molecule has 0 N–H and O–H groups in total. The van der Waals surface area contributed by atoms with Crippen molar-refractivity contribution in [3.05, 3.63) is 35.9 Å². The highest BCUT2D eigenvalue weighted by molar-refractivity contribution is 5.78. The molecule has 3 nitrogen and oxygen atoms in total. The molecule has 1 amide bonds. The molecular weight excluding hydrogens is 214 g/mol. The second-order valence-electron chi connectivity index (χ2n) is 4.60. The number of rotatable bonds is 4. The van der Waals surface area contributed by atoms with Gasteiger partial charge in [-0.3, -0.25) is 4.79 Å². The standard InChI is InChI=1S/C14H19NO2/c1-11-8-9-14(16)15(11)10-17-12(2)13-6-4-3-5-7-13/h3-7,11-12H,8-10H2,1-2H3/t11-,12?/m1/s1. The molecular formula is C14H19NO2. The maximum atomic E-state index is 11.6. The zero-order valence-corrected chi connectivity index (χ0v) is 10.4. The molecule has 0 saturated carbocycles. The monoisotopic (exact) mass is 233 g/mol. The smallest absolute Gasteiger partial charge is 0.224 e. The van der Waals surface area contributed by atoms with Gasteiger partial charge in [0.1, 0.15) is 6.73 Å². The van der Waals surface area contributed by atoms with Crippen LogP contribution in [0.15, 0.2) is 30.3 Å². The number of carbonyl (C=O) groups excluding carboxylic acids is 1. The van der Waals surface area contributed by atoms with Crippen molar-refractivity contribution in [3.63, 3.8) is 0 Å². The molecule has 3 heteroatoms. The summed E-state index contributed by atoms with van der Waals surface area (Å²) in [5.41, 5.74) is 1.15. The molecule has 1 aromatic carbocycles. The van der Waals surface area contributed by atoms with Gasteiger partial charge in [-0.05, 0) is 25.8 Å². The fourth-order valence-corrected chi connectivity index (χ4v) is 2.09. The molecule has 0 aromatic heterocycles. The Balaban J connectivity index is 1.88. The van der Waals surface area contributed by atoms with Crippen LogP contribution in [0, 0.1) is 0 Å². The third-order valence-electron chi connectivity index (χ3n) is 3.36. The van der Waals surface area contributed by atoms with E-state index in [1.807, 2.05) is 42.2 Å². The largest absolute Gasteiger partial charge is 0.353 e. The number of nitrogens with zero attached hydrogens (tertiary/aromatic N) is 1. The lowest BCUT2D eigenvalue weighted by Crippen LogP contribution is -2.33. The van der Waals surface area contributed by atoms with Crippen LogP contribution >= 0.6 is 0 Å². The van der Waals surface area contributed by atoms with E-state index in [0.29, 0.717) is 19.2 Å². The van der Waals surface area contributed by atoms with Crippen LogP contribution in [0.4, 0.5) is 0 Å². The molecule has 1 aliphatic heterocycles. The van der Waals surface area contributed by atoms with Gasteiger partial charge >= 0.3 is 0 Å². The van der Waals surface area contributed by atoms with Gasteiger partial charge in [0.05, 0.1) is 6.10 Å². The second kappa shape index (κ2) is 5.32. The third-order valence-corrected chi connectivity index (χ3v) is 3.36. The van der Waals surface area contributed by atoms with Crippen molar-refractivity contribution in [3.8, 4) is 0 Å². The molecule has 1 fully saturated rings. The lowest BCUT2D eigenvalue weighted by molar-refractivity contribution is -0.136. The normalized spacial score (nSPS) is 21.9. The predicted molar refractivity (Wildman–Crippen MR) is 66.4 cm³/mol. The van der Waals surface area contributed by atoms with E-state index in [9.17, 15) is 4.79 Å². The molecule has 2 rings (SSSR count). The Bertz CT molecular complexity index is 377. The van der Waals surface area contributed by atoms with E-state index >= 15 is 0 Å². The zero-order chi connectivity index (χ0) is 12.3. The van der Waals surface area contributed by atoms with Crippen LogP contribution < -0.4 is 0 Å². The van der Waals surface area contributed by atoms with Crippen molar-refractivity contribution < 1.29 is 9.53 Å². The van der Waals surface area contributed by atoms with Crippen LogP contribution in [-0.4, -0.2) is 23.6 Å². The Kier molecular flexibility index (Phi) is 3.79. The Morgan fingerprint density at radius 1 is 1.41 bits per heavy atom. The molecule has 0 spiro atoms. The topological polar surface area (TPSA) is 29.5 Å². The van der Waals surface area contributed by atoms with Gasteiger partial charge < -0.3 is 9.64 Å². The minimum atomic E-state index is 0.0248. The van der Waals surface area contributed by atoms with Gasteiger partial charge in [-0.1, -0.05) is 30.3 Å². The van der Waals surface area contributed by atoms with Gasteiger partial charge in [0.25, 0.3) is 0 Å². The van der Waals surface area contributed by atoms with Crippen LogP contribution in [0.2, 0.25) is 0 Å². The van der Waals surface area contributed by atoms with Crippen molar-refractivity contribution >= 4 is 5.91 Å². The number of benzene rings is 1. The molecule has 0 bridgehead atoms. The van der Waals surface area contributed by atoms with E-state index in [4.69, 9.17) is 4.74 Å². The highest BCUT2D eigenvalue weighted by Gasteiger charge is 2.27. The van der Waals surface area contributed by atoms with Gasteiger partial charge in [0, 0.05) is 12.5 Å². The first-order chi connectivity index (χ1) is 8.18. The Labute approximate surface area is 102 Å². The fourth-order valence-electron chi connectivity index (χ4n) is 2.09. The van der Waals surface area contributed by atoms with Crippen LogP contribution in [-0.2, 0) is 9.53 Å². The van der Waals surface area contributed by atoms with Crippen LogP contribution in [0.25, 0.3) is 0 Å². The number of hydrogen-bond donors (Lipinski definition) is 0. The summed E-state index contributed by atoms with van der Waals surface area (Å²) in [4.78, 5) is 13.4. The van der Waals surface area contributed by atoms with Crippen LogP contribution in [0.3, 0.4) is 0 Å². The van der Waals surface area contributed by atoms with Gasteiger partial charge in [0.15, 0.2) is 0 Å². The summed E-state index contributed by atoms with van der Waals surface area (Å²) in [5.74, 6) is 0.206. The number of ether oxygens (including phenoxy) is 1. The van der Waals surface area contributed by atoms with Crippen molar-refractivity contribution in [1.29, 1.82) is 0 Å². The van der Waals surface area contributed by atoms with Crippen LogP contribution in [0.1, 0.15) is 38.4 Å². The summed E-state index contributed by atoms with van der Waals surface area (Å²) in [6, 6.07) is 10.4. The SMILES string of the molecule is CC(OCN1C(=O)CC[C@H]1C)c1ccccc1. The van der Waals surface area contributed by atoms with E-state index in [1.165, 1.54) is 0 Å². The molecule has 0 aliphatic carbocycles. The molecule has 0 radical (unpaired) electrons. The molecule has 1 aromatic rings. The lowest BCUT2D eigenvalue weighted by atomic mass is 10.1. The Morgan fingerprint density at radius 2 is 2.12 bits per heavy atom. The van der Waals surface area contributed by atoms with E-state index in [-0.39, 0.29) is 12.0 Å². The highest BCUT2D eigenvalue weighted by atomic mass is 16.5. The van der Waals surface area contributed by atoms with Gasteiger partial charge in [-0.2, -0.15) is 0 Å². The quantitative estimate of drug-likeness (QED) is 0.800. The van der Waals surface area contributed by atoms with Gasteiger partial charge in [-0.15, -0.1) is 0 Å². The maximum Gasteiger partial charge on any atom is 0.224 e. The van der Waals surface area contributed by atoms with Crippen molar-refractivity contribution in [1.82, 2.24) is 4.90 Å². The molecule has 2 atom stereocenters. The van der Waals surface area contributed by atoms with Crippen molar-refractivity contribution in [2.24, 2.45) is 0 Å². The van der Waals surface area contributed by atoms with Gasteiger partial charge in [0.2, 0.25) is 5.91 Å². The molecule has 17 heavy (non-hydrogen) atoms. The second-order valence-corrected chi connectivity index (χ2v) is 4.60. The molecule has 1 aliphatic rings. The number of likely N-dealkylation sites (tertiary alicyclic amines) is 1. The summed E-state index contributed by atoms with van der Waals surface area (Å²) >= 11 is 0. The summed E-state index contributed by atoms with van der Waals surface area (Å²) in [6.45, 7) is 4.48. The highest BCUT2D eigenvalue weighted by Crippen LogP contribution is 2.21. The first-order valence-electron chi connectivity index (χ1n) is 6.14. The van der Waals surface area contributed by atoms with Crippen molar-refractivity contribution in [2.45, 2.75) is 38.8 Å². The van der Waals surface area contributed by atoms with E-state index in [0.717, 1.165) is 12.0 Å². The van der Waals surface area contributed by atoms with Crippen molar-refractivity contribution in [2.75, 3.05) is 6.73 Å². The Hall–Kier alpha value is -1.35. The maximum absolute atomic E-state index is 11.6. The minimum Gasteiger partial charge on any atom is -0.353 e. The van der Waals surface area contributed by atoms with E-state index < -0.39 is 0 Å². The predicted octanol–water partition coefficient (Wildman–Crippen LogP) is 2.73. The first-order valence-corrected chi connectivity index (χ1v) is 6.14. The fraction of sp³-hybridized carbons (Fsp3) is 0.500. The molecule has 1 saturated heterocycles. The third kappa shape index (κ3) is 2.86.